The standard InChI is InChI=1S/C12H20N2O5S/c1-8(2)4-10(12(15)16)6-13-20(17,18)7-11-5-9(3)19-14-11/h5,8,10,13H,4,6-7H2,1-3H3,(H,15,16). The van der Waals surface area contributed by atoms with Crippen molar-refractivity contribution in [2.75, 3.05) is 6.54 Å². The van der Waals surface area contributed by atoms with Crippen molar-refractivity contribution < 1.29 is 22.8 Å². The summed E-state index contributed by atoms with van der Waals surface area (Å²) in [7, 11) is -3.62. The van der Waals surface area contributed by atoms with Crippen LogP contribution in [0.5, 0.6) is 0 Å². The van der Waals surface area contributed by atoms with Crippen molar-refractivity contribution in [2.24, 2.45) is 11.8 Å². The highest BCUT2D eigenvalue weighted by Crippen LogP contribution is 2.12. The van der Waals surface area contributed by atoms with E-state index in [-0.39, 0.29) is 18.2 Å². The van der Waals surface area contributed by atoms with E-state index in [1.807, 2.05) is 13.8 Å². The van der Waals surface area contributed by atoms with Crippen molar-refractivity contribution in [3.63, 3.8) is 0 Å². The van der Waals surface area contributed by atoms with Crippen molar-refractivity contribution in [3.8, 4) is 0 Å². The lowest BCUT2D eigenvalue weighted by molar-refractivity contribution is -0.142. The molecule has 1 aromatic rings. The summed E-state index contributed by atoms with van der Waals surface area (Å²) in [6, 6.07) is 1.53. The maximum absolute atomic E-state index is 11.8. The van der Waals surface area contributed by atoms with Gasteiger partial charge in [0.2, 0.25) is 10.0 Å². The van der Waals surface area contributed by atoms with E-state index in [9.17, 15) is 13.2 Å². The summed E-state index contributed by atoms with van der Waals surface area (Å²) in [5.74, 6) is -1.35. The molecule has 0 saturated carbocycles. The van der Waals surface area contributed by atoms with Crippen molar-refractivity contribution >= 4 is 16.0 Å². The molecule has 0 aliphatic heterocycles. The Morgan fingerprint density at radius 2 is 2.15 bits per heavy atom. The Kier molecular flexibility index (Phi) is 5.70. The number of aryl methyl sites for hydroxylation is 1. The molecular weight excluding hydrogens is 284 g/mol. The molecule has 0 amide bonds. The maximum atomic E-state index is 11.8. The molecule has 0 bridgehead atoms. The fraction of sp³-hybridized carbons (Fsp3) is 0.667. The second-order valence-corrected chi connectivity index (χ2v) is 7.01. The van der Waals surface area contributed by atoms with Crippen LogP contribution in [0, 0.1) is 18.8 Å². The molecule has 2 N–H and O–H groups in total. The van der Waals surface area contributed by atoms with Gasteiger partial charge in [0, 0.05) is 12.6 Å². The first kappa shape index (κ1) is 16.6. The summed E-state index contributed by atoms with van der Waals surface area (Å²) in [6.07, 6.45) is 0.418. The summed E-state index contributed by atoms with van der Waals surface area (Å²) in [5, 5.41) is 12.7. The molecular formula is C12H20N2O5S. The largest absolute Gasteiger partial charge is 0.481 e. The summed E-state index contributed by atoms with van der Waals surface area (Å²) in [5.41, 5.74) is 0.297. The van der Waals surface area contributed by atoms with Gasteiger partial charge in [-0.2, -0.15) is 0 Å². The highest BCUT2D eigenvalue weighted by Gasteiger charge is 2.22. The van der Waals surface area contributed by atoms with E-state index in [1.165, 1.54) is 6.07 Å². The number of carboxylic acid groups (broad SMARTS) is 1. The maximum Gasteiger partial charge on any atom is 0.307 e. The number of aliphatic carboxylic acids is 1. The first-order valence-corrected chi connectivity index (χ1v) is 7.97. The van der Waals surface area contributed by atoms with Crippen molar-refractivity contribution in [1.82, 2.24) is 9.88 Å². The number of carbonyl (C=O) groups is 1. The van der Waals surface area contributed by atoms with Crippen LogP contribution in [-0.2, 0) is 20.6 Å². The van der Waals surface area contributed by atoms with Gasteiger partial charge in [-0.1, -0.05) is 19.0 Å². The Balaban J connectivity index is 2.59. The Bertz CT molecular complexity index is 550. The Labute approximate surface area is 118 Å². The molecule has 1 rings (SSSR count). The molecule has 0 aromatic carbocycles. The first-order chi connectivity index (χ1) is 9.19. The quantitative estimate of drug-likeness (QED) is 0.745. The van der Waals surface area contributed by atoms with Crippen LogP contribution < -0.4 is 4.72 Å². The normalized spacial score (nSPS) is 13.6. The predicted molar refractivity (Wildman–Crippen MR) is 72.4 cm³/mol. The van der Waals surface area contributed by atoms with Gasteiger partial charge in [0.1, 0.15) is 17.2 Å². The second kappa shape index (κ2) is 6.85. The van der Waals surface area contributed by atoms with Crippen LogP contribution >= 0.6 is 0 Å². The summed E-state index contributed by atoms with van der Waals surface area (Å²) in [6.45, 7) is 5.33. The molecule has 0 aliphatic rings. The fourth-order valence-corrected chi connectivity index (χ4v) is 2.88. The van der Waals surface area contributed by atoms with Crippen molar-refractivity contribution in [3.05, 3.63) is 17.5 Å². The number of sulfonamides is 1. The Morgan fingerprint density at radius 1 is 1.50 bits per heavy atom. The van der Waals surface area contributed by atoms with E-state index in [0.717, 1.165) is 0 Å². The third-order valence-corrected chi connectivity index (χ3v) is 3.95. The molecule has 0 radical (unpaired) electrons. The van der Waals surface area contributed by atoms with Crippen molar-refractivity contribution in [2.45, 2.75) is 32.9 Å². The number of hydrogen-bond donors (Lipinski definition) is 2. The van der Waals surface area contributed by atoms with E-state index in [2.05, 4.69) is 9.88 Å². The van der Waals surface area contributed by atoms with Gasteiger partial charge in [-0.25, -0.2) is 13.1 Å². The van der Waals surface area contributed by atoms with Gasteiger partial charge in [0.25, 0.3) is 0 Å². The zero-order valence-electron chi connectivity index (χ0n) is 11.8. The Morgan fingerprint density at radius 3 is 2.60 bits per heavy atom. The van der Waals surface area contributed by atoms with Crippen LogP contribution in [0.15, 0.2) is 10.6 Å². The number of nitrogens with zero attached hydrogens (tertiary/aromatic N) is 1. The smallest absolute Gasteiger partial charge is 0.307 e. The molecule has 0 spiro atoms. The SMILES string of the molecule is Cc1cc(CS(=O)(=O)NCC(CC(C)C)C(=O)O)no1. The van der Waals surface area contributed by atoms with Gasteiger partial charge in [-0.3, -0.25) is 4.79 Å². The lowest BCUT2D eigenvalue weighted by Crippen LogP contribution is -2.34. The average Bonchev–Trinajstić information content (AvgIpc) is 2.68. The number of nitrogens with one attached hydrogen (secondary N) is 1. The van der Waals surface area contributed by atoms with E-state index >= 15 is 0 Å². The molecule has 1 aromatic heterocycles. The van der Waals surface area contributed by atoms with Gasteiger partial charge < -0.3 is 9.63 Å². The molecule has 7 nitrogen and oxygen atoms in total. The average molecular weight is 304 g/mol. The third-order valence-electron chi connectivity index (χ3n) is 2.67. The minimum Gasteiger partial charge on any atom is -0.481 e. The number of rotatable bonds is 8. The van der Waals surface area contributed by atoms with Gasteiger partial charge in [-0.15, -0.1) is 0 Å². The lowest BCUT2D eigenvalue weighted by Gasteiger charge is -2.15. The molecule has 8 heteroatoms. The highest BCUT2D eigenvalue weighted by molar-refractivity contribution is 7.88. The van der Waals surface area contributed by atoms with Crippen LogP contribution in [-0.4, -0.2) is 31.2 Å². The summed E-state index contributed by atoms with van der Waals surface area (Å²) in [4.78, 5) is 11.1. The van der Waals surface area contributed by atoms with Crippen LogP contribution in [0.25, 0.3) is 0 Å². The molecule has 0 saturated heterocycles. The number of aromatic nitrogens is 1. The molecule has 0 aliphatic carbocycles. The summed E-state index contributed by atoms with van der Waals surface area (Å²) < 4.78 is 30.8. The van der Waals surface area contributed by atoms with E-state index < -0.39 is 21.9 Å². The summed E-state index contributed by atoms with van der Waals surface area (Å²) >= 11 is 0. The molecule has 114 valence electrons. The zero-order valence-corrected chi connectivity index (χ0v) is 12.6. The van der Waals surface area contributed by atoms with Gasteiger partial charge in [-0.05, 0) is 19.3 Å². The van der Waals surface area contributed by atoms with Crippen LogP contribution in [0.1, 0.15) is 31.7 Å². The van der Waals surface area contributed by atoms with E-state index in [1.54, 1.807) is 6.92 Å². The van der Waals surface area contributed by atoms with Crippen LogP contribution in [0.3, 0.4) is 0 Å². The topological polar surface area (TPSA) is 110 Å². The third kappa shape index (κ3) is 5.70. The predicted octanol–water partition coefficient (Wildman–Crippen LogP) is 1.15. The second-order valence-electron chi connectivity index (χ2n) is 5.20. The molecule has 1 heterocycles. The van der Waals surface area contributed by atoms with E-state index in [0.29, 0.717) is 17.9 Å². The van der Waals surface area contributed by atoms with E-state index in [4.69, 9.17) is 9.63 Å². The molecule has 1 atom stereocenters. The van der Waals surface area contributed by atoms with Crippen molar-refractivity contribution in [1.29, 1.82) is 0 Å². The van der Waals surface area contributed by atoms with Gasteiger partial charge in [0.05, 0.1) is 5.92 Å². The molecule has 0 fully saturated rings. The highest BCUT2D eigenvalue weighted by atomic mass is 32.2. The molecule has 20 heavy (non-hydrogen) atoms. The number of carboxylic acids is 1. The van der Waals surface area contributed by atoms with Crippen LogP contribution in [0.2, 0.25) is 0 Å². The minimum absolute atomic E-state index is 0.118. The lowest BCUT2D eigenvalue weighted by atomic mass is 9.98. The Hall–Kier alpha value is -1.41. The zero-order chi connectivity index (χ0) is 15.3. The fourth-order valence-electron chi connectivity index (χ4n) is 1.80. The van der Waals surface area contributed by atoms with Gasteiger partial charge in [0.15, 0.2) is 0 Å². The monoisotopic (exact) mass is 304 g/mol. The van der Waals surface area contributed by atoms with Gasteiger partial charge >= 0.3 is 5.97 Å². The number of hydrogen-bond acceptors (Lipinski definition) is 5. The van der Waals surface area contributed by atoms with Crippen LogP contribution in [0.4, 0.5) is 0 Å². The first-order valence-electron chi connectivity index (χ1n) is 6.32. The molecule has 1 unspecified atom stereocenters. The minimum atomic E-state index is -3.62.